The molecule has 0 bridgehead atoms. The molecule has 0 nitrogen and oxygen atoms in total. The zero-order chi connectivity index (χ0) is 10.0. The lowest BCUT2D eigenvalue weighted by atomic mass is 9.81. The van der Waals surface area contributed by atoms with Crippen LogP contribution in [0.5, 0.6) is 0 Å². The van der Waals surface area contributed by atoms with Crippen LogP contribution in [0.15, 0.2) is 24.3 Å². The maximum atomic E-state index is 2.49. The topological polar surface area (TPSA) is 0 Å². The van der Waals surface area contributed by atoms with E-state index in [0.717, 1.165) is 15.4 Å². The van der Waals surface area contributed by atoms with Gasteiger partial charge in [-0.1, -0.05) is 39.5 Å². The molecule has 2 radical (unpaired) electrons. The van der Waals surface area contributed by atoms with Crippen LogP contribution in [0.3, 0.4) is 0 Å². The van der Waals surface area contributed by atoms with Crippen molar-refractivity contribution in [1.82, 2.24) is 0 Å². The van der Waals surface area contributed by atoms with E-state index in [2.05, 4.69) is 38.1 Å². The van der Waals surface area contributed by atoms with E-state index in [1.54, 1.807) is 5.19 Å². The Morgan fingerprint density at radius 2 is 2.36 bits per heavy atom. The fourth-order valence-corrected chi connectivity index (χ4v) is 4.19. The minimum atomic E-state index is 0.590. The summed E-state index contributed by atoms with van der Waals surface area (Å²) in [5.41, 5.74) is 0. The maximum Gasteiger partial charge on any atom is -0.00760 e. The van der Waals surface area contributed by atoms with Gasteiger partial charge < -0.3 is 0 Å². The van der Waals surface area contributed by atoms with Gasteiger partial charge in [-0.2, -0.15) is 18.2 Å². The minimum absolute atomic E-state index is 0.590. The van der Waals surface area contributed by atoms with Crippen molar-refractivity contribution >= 4 is 14.7 Å². The summed E-state index contributed by atoms with van der Waals surface area (Å²) >= 11 is 0. The third-order valence-corrected chi connectivity index (χ3v) is 5.70. The zero-order valence-corrected chi connectivity index (χ0v) is 10.2. The molecule has 1 aliphatic carbocycles. The molecule has 0 saturated heterocycles. The lowest BCUT2D eigenvalue weighted by molar-refractivity contribution is 0.293. The first-order valence-corrected chi connectivity index (χ1v) is 6.71. The van der Waals surface area contributed by atoms with Crippen LogP contribution < -0.4 is 5.19 Å². The van der Waals surface area contributed by atoms with E-state index in [-0.39, 0.29) is 0 Å². The SMILES string of the molecule is CC1CCCCC1(C)[Si]c1cc[cH-]c1. The second-order valence-electron chi connectivity index (χ2n) is 4.86. The van der Waals surface area contributed by atoms with Crippen molar-refractivity contribution in [1.29, 1.82) is 0 Å². The van der Waals surface area contributed by atoms with Crippen molar-refractivity contribution in [3.63, 3.8) is 0 Å². The maximum absolute atomic E-state index is 2.49. The summed E-state index contributed by atoms with van der Waals surface area (Å²) in [4.78, 5) is 0. The van der Waals surface area contributed by atoms with Crippen molar-refractivity contribution in [3.05, 3.63) is 24.3 Å². The molecule has 1 saturated carbocycles. The normalized spacial score (nSPS) is 33.1. The lowest BCUT2D eigenvalue weighted by Crippen LogP contribution is -2.34. The van der Waals surface area contributed by atoms with Crippen LogP contribution in [-0.2, 0) is 0 Å². The average molecular weight is 203 g/mol. The van der Waals surface area contributed by atoms with Gasteiger partial charge in [-0.25, -0.2) is 11.3 Å². The molecule has 0 N–H and O–H groups in total. The molecule has 1 heteroatoms. The monoisotopic (exact) mass is 203 g/mol. The molecule has 1 fully saturated rings. The van der Waals surface area contributed by atoms with Crippen LogP contribution in [0.1, 0.15) is 39.5 Å². The smallest absolute Gasteiger partial charge is 0.00760 e. The van der Waals surface area contributed by atoms with Crippen LogP contribution in [0.2, 0.25) is 5.04 Å². The molecular weight excluding hydrogens is 184 g/mol. The molecule has 1 aliphatic rings. The van der Waals surface area contributed by atoms with Gasteiger partial charge in [-0.15, -0.1) is 0 Å². The molecule has 0 aliphatic heterocycles. The fraction of sp³-hybridized carbons (Fsp3) is 0.615. The quantitative estimate of drug-likeness (QED) is 0.512. The summed E-state index contributed by atoms with van der Waals surface area (Å²) in [6.07, 6.45) is 5.75. The minimum Gasteiger partial charge on any atom is -0.213 e. The van der Waals surface area contributed by atoms with E-state index in [9.17, 15) is 0 Å². The molecule has 0 spiro atoms. The highest BCUT2D eigenvalue weighted by atomic mass is 28.2. The molecular formula is C13H19Si-. The Bertz CT molecular complexity index is 275. The van der Waals surface area contributed by atoms with E-state index in [0.29, 0.717) is 5.04 Å². The largest absolute Gasteiger partial charge is 0.213 e. The summed E-state index contributed by atoms with van der Waals surface area (Å²) in [7, 11) is 1.01. The van der Waals surface area contributed by atoms with Gasteiger partial charge >= 0.3 is 0 Å². The van der Waals surface area contributed by atoms with Gasteiger partial charge in [0.1, 0.15) is 0 Å². The van der Waals surface area contributed by atoms with Gasteiger partial charge in [0.05, 0.1) is 0 Å². The Kier molecular flexibility index (Phi) is 2.87. The van der Waals surface area contributed by atoms with Crippen LogP contribution in [0.25, 0.3) is 0 Å². The second kappa shape index (κ2) is 3.97. The van der Waals surface area contributed by atoms with Crippen LogP contribution in [-0.4, -0.2) is 9.52 Å². The summed E-state index contributed by atoms with van der Waals surface area (Å²) in [6, 6.07) is 8.90. The summed E-state index contributed by atoms with van der Waals surface area (Å²) in [6.45, 7) is 4.93. The molecule has 0 heterocycles. The van der Waals surface area contributed by atoms with Gasteiger partial charge in [-0.05, 0) is 20.5 Å². The molecule has 76 valence electrons. The highest BCUT2D eigenvalue weighted by Crippen LogP contribution is 2.45. The number of hydrogen-bond acceptors (Lipinski definition) is 0. The first-order valence-electron chi connectivity index (χ1n) is 5.71. The molecule has 2 atom stereocenters. The fourth-order valence-electron chi connectivity index (χ4n) is 2.48. The van der Waals surface area contributed by atoms with Crippen molar-refractivity contribution in [2.75, 3.05) is 0 Å². The predicted octanol–water partition coefficient (Wildman–Crippen LogP) is 3.12. The van der Waals surface area contributed by atoms with Crippen LogP contribution in [0, 0.1) is 5.92 Å². The third kappa shape index (κ3) is 1.98. The number of hydrogen-bond donors (Lipinski definition) is 0. The van der Waals surface area contributed by atoms with Gasteiger partial charge in [0, 0.05) is 0 Å². The zero-order valence-electron chi connectivity index (χ0n) is 9.22. The van der Waals surface area contributed by atoms with Crippen molar-refractivity contribution in [2.45, 2.75) is 44.6 Å². The molecule has 1 aromatic carbocycles. The molecule has 0 aromatic heterocycles. The van der Waals surface area contributed by atoms with Gasteiger partial charge in [0.15, 0.2) is 0 Å². The Hall–Kier alpha value is -0.433. The van der Waals surface area contributed by atoms with E-state index in [4.69, 9.17) is 0 Å². The van der Waals surface area contributed by atoms with Crippen LogP contribution >= 0.6 is 0 Å². The average Bonchev–Trinajstić information content (AvgIpc) is 2.63. The van der Waals surface area contributed by atoms with E-state index in [1.165, 1.54) is 25.7 Å². The molecule has 14 heavy (non-hydrogen) atoms. The van der Waals surface area contributed by atoms with E-state index < -0.39 is 0 Å². The van der Waals surface area contributed by atoms with Crippen molar-refractivity contribution in [3.8, 4) is 0 Å². The second-order valence-corrected chi connectivity index (χ2v) is 6.83. The molecule has 1 aromatic rings. The molecule has 0 amide bonds. The van der Waals surface area contributed by atoms with Gasteiger partial charge in [0.2, 0.25) is 0 Å². The Balaban J connectivity index is 2.07. The first-order chi connectivity index (χ1) is 6.71. The van der Waals surface area contributed by atoms with Crippen molar-refractivity contribution in [2.24, 2.45) is 5.92 Å². The molecule has 2 rings (SSSR count). The Morgan fingerprint density at radius 3 is 3.00 bits per heavy atom. The Morgan fingerprint density at radius 1 is 1.50 bits per heavy atom. The Labute approximate surface area is 89.9 Å². The van der Waals surface area contributed by atoms with Crippen molar-refractivity contribution < 1.29 is 0 Å². The first kappa shape index (κ1) is 10.1. The standard InChI is InChI=1S/C13H19Si/c1-11-7-5-6-10-13(11,2)14-12-8-3-4-9-12/h3-4,8-9,11H,5-7,10H2,1-2H3/q-1. The third-order valence-electron chi connectivity index (χ3n) is 3.76. The van der Waals surface area contributed by atoms with Gasteiger partial charge in [0.25, 0.3) is 0 Å². The highest BCUT2D eigenvalue weighted by molar-refractivity contribution is 6.56. The van der Waals surface area contributed by atoms with E-state index in [1.807, 2.05) is 0 Å². The van der Waals surface area contributed by atoms with E-state index >= 15 is 0 Å². The summed E-state index contributed by atoms with van der Waals surface area (Å²) < 4.78 is 0. The van der Waals surface area contributed by atoms with Gasteiger partial charge in [-0.3, -0.25) is 0 Å². The summed E-state index contributed by atoms with van der Waals surface area (Å²) in [5.74, 6) is 0.907. The summed E-state index contributed by atoms with van der Waals surface area (Å²) in [5, 5.41) is 2.15. The number of rotatable bonds is 2. The molecule has 2 unspecified atom stereocenters. The highest BCUT2D eigenvalue weighted by Gasteiger charge is 2.31. The van der Waals surface area contributed by atoms with Crippen LogP contribution in [0.4, 0.5) is 0 Å². The lowest BCUT2D eigenvalue weighted by Gasteiger charge is -2.41. The predicted molar refractivity (Wildman–Crippen MR) is 63.4 cm³/mol.